The van der Waals surface area contributed by atoms with E-state index in [0.29, 0.717) is 18.9 Å². The van der Waals surface area contributed by atoms with Gasteiger partial charge in [0.2, 0.25) is 5.91 Å². The maximum atomic E-state index is 13.0. The van der Waals surface area contributed by atoms with Crippen molar-refractivity contribution in [2.75, 3.05) is 13.1 Å². The third kappa shape index (κ3) is 2.16. The average molecular weight is 260 g/mol. The molecular weight excluding hydrogens is 236 g/mol. The zero-order valence-electron chi connectivity index (χ0n) is 11.9. The van der Waals surface area contributed by atoms with Gasteiger partial charge < -0.3 is 4.90 Å². The number of rotatable bonds is 4. The van der Waals surface area contributed by atoms with Gasteiger partial charge in [-0.3, -0.25) is 4.79 Å². The summed E-state index contributed by atoms with van der Waals surface area (Å²) in [5.41, 5.74) is -0.0415. The maximum Gasteiger partial charge on any atom is 0.228 e. The van der Waals surface area contributed by atoms with E-state index in [1.54, 1.807) is 0 Å². The highest BCUT2D eigenvalue weighted by Gasteiger charge is 2.55. The Morgan fingerprint density at radius 2 is 1.74 bits per heavy atom. The number of hydrogen-bond donors (Lipinski definition) is 0. The Labute approximate surface area is 116 Å². The predicted octanol–water partition coefficient (Wildman–Crippen LogP) is 2.96. The molecule has 3 heteroatoms. The minimum absolute atomic E-state index is 0.0415. The van der Waals surface area contributed by atoms with E-state index in [-0.39, 0.29) is 5.41 Å². The van der Waals surface area contributed by atoms with Crippen LogP contribution in [0, 0.1) is 34.5 Å². The molecule has 4 fully saturated rings. The summed E-state index contributed by atoms with van der Waals surface area (Å²) in [5, 5.41) is 8.74. The molecule has 1 amide bonds. The van der Waals surface area contributed by atoms with Crippen LogP contribution in [0.25, 0.3) is 0 Å². The van der Waals surface area contributed by atoms with Crippen molar-refractivity contribution in [3.63, 3.8) is 0 Å². The fourth-order valence-electron chi connectivity index (χ4n) is 5.30. The van der Waals surface area contributed by atoms with E-state index in [4.69, 9.17) is 5.26 Å². The lowest BCUT2D eigenvalue weighted by atomic mass is 9.49. The summed E-state index contributed by atoms with van der Waals surface area (Å²) in [4.78, 5) is 14.9. The van der Waals surface area contributed by atoms with Crippen molar-refractivity contribution < 1.29 is 4.79 Å². The van der Waals surface area contributed by atoms with Gasteiger partial charge in [0.25, 0.3) is 0 Å². The molecule has 0 aliphatic heterocycles. The van der Waals surface area contributed by atoms with Gasteiger partial charge >= 0.3 is 0 Å². The summed E-state index contributed by atoms with van der Waals surface area (Å²) in [6.07, 6.45) is 7.96. The Hall–Kier alpha value is -1.04. The van der Waals surface area contributed by atoms with Crippen LogP contribution in [0.15, 0.2) is 0 Å². The molecule has 3 nitrogen and oxygen atoms in total. The Balaban J connectivity index is 1.77. The van der Waals surface area contributed by atoms with Crippen LogP contribution < -0.4 is 0 Å². The average Bonchev–Trinajstić information content (AvgIpc) is 2.37. The van der Waals surface area contributed by atoms with Gasteiger partial charge in [-0.05, 0) is 63.2 Å². The van der Waals surface area contributed by atoms with Crippen LogP contribution in [0.3, 0.4) is 0 Å². The number of nitrogens with zero attached hydrogens (tertiary/aromatic N) is 2. The Morgan fingerprint density at radius 1 is 1.21 bits per heavy atom. The lowest BCUT2D eigenvalue weighted by molar-refractivity contribution is -0.157. The molecule has 0 radical (unpaired) electrons. The van der Waals surface area contributed by atoms with Gasteiger partial charge in [-0.15, -0.1) is 0 Å². The van der Waals surface area contributed by atoms with Crippen molar-refractivity contribution in [2.24, 2.45) is 23.2 Å². The molecule has 104 valence electrons. The van der Waals surface area contributed by atoms with Gasteiger partial charge in [-0.2, -0.15) is 5.26 Å². The summed E-state index contributed by atoms with van der Waals surface area (Å²) in [6, 6.07) is 2.17. The van der Waals surface area contributed by atoms with Crippen LogP contribution in [0.4, 0.5) is 0 Å². The Bertz CT molecular complexity index is 374. The monoisotopic (exact) mass is 260 g/mol. The van der Waals surface area contributed by atoms with E-state index in [0.717, 1.165) is 43.6 Å². The van der Waals surface area contributed by atoms with Crippen molar-refractivity contribution in [2.45, 2.75) is 51.9 Å². The van der Waals surface area contributed by atoms with Crippen molar-refractivity contribution in [1.82, 2.24) is 4.90 Å². The Morgan fingerprint density at radius 3 is 2.16 bits per heavy atom. The number of amides is 1. The fourth-order valence-corrected chi connectivity index (χ4v) is 5.30. The second-order valence-electron chi connectivity index (χ2n) is 6.99. The van der Waals surface area contributed by atoms with Gasteiger partial charge in [0, 0.05) is 13.1 Å². The predicted molar refractivity (Wildman–Crippen MR) is 73.1 cm³/mol. The molecule has 19 heavy (non-hydrogen) atoms. The third-order valence-corrected chi connectivity index (χ3v) is 5.65. The van der Waals surface area contributed by atoms with Crippen LogP contribution in [-0.4, -0.2) is 23.9 Å². The molecule has 0 aromatic heterocycles. The largest absolute Gasteiger partial charge is 0.341 e. The molecule has 4 saturated carbocycles. The van der Waals surface area contributed by atoms with Gasteiger partial charge in [-0.25, -0.2) is 0 Å². The second kappa shape index (κ2) is 4.81. The lowest BCUT2D eigenvalue weighted by Gasteiger charge is -2.56. The molecule has 0 unspecified atom stereocenters. The van der Waals surface area contributed by atoms with Gasteiger partial charge in [-0.1, -0.05) is 0 Å². The number of nitriles is 1. The summed E-state index contributed by atoms with van der Waals surface area (Å²) < 4.78 is 0. The van der Waals surface area contributed by atoms with E-state index in [1.165, 1.54) is 19.3 Å². The number of carbonyl (C=O) groups excluding carboxylic acids is 1. The molecule has 0 aromatic carbocycles. The summed E-state index contributed by atoms with van der Waals surface area (Å²) in [6.45, 7) is 3.41. The first-order chi connectivity index (χ1) is 9.16. The summed E-state index contributed by atoms with van der Waals surface area (Å²) in [7, 11) is 0. The topological polar surface area (TPSA) is 44.1 Å². The molecule has 0 aromatic rings. The molecule has 4 aliphatic carbocycles. The third-order valence-electron chi connectivity index (χ3n) is 5.65. The molecule has 4 bridgehead atoms. The number of hydrogen-bond acceptors (Lipinski definition) is 2. The van der Waals surface area contributed by atoms with E-state index in [1.807, 2.05) is 11.8 Å². The van der Waals surface area contributed by atoms with Crippen LogP contribution in [0.2, 0.25) is 0 Å². The first kappa shape index (κ1) is 13.0. The normalized spacial score (nSPS) is 39.1. The molecule has 4 aliphatic rings. The van der Waals surface area contributed by atoms with Crippen LogP contribution >= 0.6 is 0 Å². The molecule has 4 rings (SSSR count). The highest BCUT2D eigenvalue weighted by molar-refractivity contribution is 5.83. The van der Waals surface area contributed by atoms with E-state index >= 15 is 0 Å². The molecular formula is C16H24N2O. The molecule has 0 N–H and O–H groups in total. The number of carbonyl (C=O) groups is 1. The molecule has 0 atom stereocenters. The minimum Gasteiger partial charge on any atom is -0.341 e. The standard InChI is InChI=1S/C16H24N2O/c1-2-18(5-3-4-17)15(19)16-9-12-6-13(10-16)8-14(7-12)11-16/h12-14H,2-3,5-11H2,1H3. The molecule has 0 saturated heterocycles. The van der Waals surface area contributed by atoms with Crippen molar-refractivity contribution in [1.29, 1.82) is 5.26 Å². The van der Waals surface area contributed by atoms with Gasteiger partial charge in [0.05, 0.1) is 17.9 Å². The quantitative estimate of drug-likeness (QED) is 0.780. The highest BCUT2D eigenvalue weighted by atomic mass is 16.2. The zero-order valence-corrected chi connectivity index (χ0v) is 11.9. The van der Waals surface area contributed by atoms with Crippen molar-refractivity contribution >= 4 is 5.91 Å². The molecule has 0 heterocycles. The van der Waals surface area contributed by atoms with Gasteiger partial charge in [0.1, 0.15) is 0 Å². The van der Waals surface area contributed by atoms with E-state index in [9.17, 15) is 4.79 Å². The van der Waals surface area contributed by atoms with Crippen LogP contribution in [0.5, 0.6) is 0 Å². The van der Waals surface area contributed by atoms with Crippen molar-refractivity contribution in [3.8, 4) is 6.07 Å². The Kier molecular flexibility index (Phi) is 3.28. The maximum absolute atomic E-state index is 13.0. The van der Waals surface area contributed by atoms with Crippen LogP contribution in [-0.2, 0) is 4.79 Å². The first-order valence-corrected chi connectivity index (χ1v) is 7.83. The smallest absolute Gasteiger partial charge is 0.228 e. The van der Waals surface area contributed by atoms with Crippen LogP contribution in [0.1, 0.15) is 51.9 Å². The highest BCUT2D eigenvalue weighted by Crippen LogP contribution is 2.60. The molecule has 0 spiro atoms. The second-order valence-corrected chi connectivity index (χ2v) is 6.99. The first-order valence-electron chi connectivity index (χ1n) is 7.83. The lowest BCUT2D eigenvalue weighted by Crippen LogP contribution is -2.54. The van der Waals surface area contributed by atoms with Gasteiger partial charge in [0.15, 0.2) is 0 Å². The van der Waals surface area contributed by atoms with E-state index < -0.39 is 0 Å². The summed E-state index contributed by atoms with van der Waals surface area (Å²) >= 11 is 0. The summed E-state index contributed by atoms with van der Waals surface area (Å²) in [5.74, 6) is 2.80. The fraction of sp³-hybridized carbons (Fsp3) is 0.875. The zero-order chi connectivity index (χ0) is 13.5. The van der Waals surface area contributed by atoms with Crippen molar-refractivity contribution in [3.05, 3.63) is 0 Å². The SMILES string of the molecule is CCN(CCC#N)C(=O)C12CC3CC(CC(C3)C1)C2. The minimum atomic E-state index is -0.0415. The van der Waals surface area contributed by atoms with E-state index in [2.05, 4.69) is 6.07 Å².